The molecular formula is C28H37NO2. The summed E-state index contributed by atoms with van der Waals surface area (Å²) in [5.74, 6) is 0. The van der Waals surface area contributed by atoms with Gasteiger partial charge in [0.25, 0.3) is 0 Å². The number of benzene rings is 3. The molecule has 3 rings (SSSR count). The molecule has 2 atom stereocenters. The lowest BCUT2D eigenvalue weighted by molar-refractivity contribution is -0.0580. The zero-order chi connectivity index (χ0) is 22.5. The Morgan fingerprint density at radius 1 is 0.839 bits per heavy atom. The smallest absolute Gasteiger partial charge is 0.0898 e. The van der Waals surface area contributed by atoms with E-state index in [9.17, 15) is 5.11 Å². The summed E-state index contributed by atoms with van der Waals surface area (Å²) >= 11 is 0. The van der Waals surface area contributed by atoms with Gasteiger partial charge in [-0.1, -0.05) is 93.6 Å². The molecule has 0 aromatic heterocycles. The van der Waals surface area contributed by atoms with Crippen molar-refractivity contribution in [3.8, 4) is 0 Å². The van der Waals surface area contributed by atoms with E-state index in [2.05, 4.69) is 94.5 Å². The van der Waals surface area contributed by atoms with Crippen molar-refractivity contribution >= 4 is 10.8 Å². The topological polar surface area (TPSA) is 41.5 Å². The molecule has 0 radical (unpaired) electrons. The first kappa shape index (κ1) is 23.5. The first-order valence-electron chi connectivity index (χ1n) is 11.2. The Kier molecular flexibility index (Phi) is 7.53. The summed E-state index contributed by atoms with van der Waals surface area (Å²) in [6.07, 6.45) is 0.262. The normalized spacial score (nSPS) is 14.5. The summed E-state index contributed by atoms with van der Waals surface area (Å²) in [6, 6.07) is 25.3. The second-order valence-electron chi connectivity index (χ2n) is 10.3. The first-order valence-corrected chi connectivity index (χ1v) is 11.2. The summed E-state index contributed by atoms with van der Waals surface area (Å²) in [4.78, 5) is 0. The second kappa shape index (κ2) is 9.95. The Labute approximate surface area is 187 Å². The van der Waals surface area contributed by atoms with Crippen LogP contribution in [0, 0.1) is 5.41 Å². The van der Waals surface area contributed by atoms with Gasteiger partial charge >= 0.3 is 0 Å². The number of rotatable bonds is 9. The maximum atomic E-state index is 10.6. The average molecular weight is 420 g/mol. The number of nitrogens with one attached hydrogen (secondary N) is 1. The molecule has 0 heterocycles. The van der Waals surface area contributed by atoms with Crippen LogP contribution in [0.15, 0.2) is 72.8 Å². The number of hydrogen-bond donors (Lipinski definition) is 2. The second-order valence-corrected chi connectivity index (χ2v) is 10.3. The highest BCUT2D eigenvalue weighted by Crippen LogP contribution is 2.36. The molecule has 0 bridgehead atoms. The van der Waals surface area contributed by atoms with Gasteiger partial charge in [-0.3, -0.25) is 0 Å². The van der Waals surface area contributed by atoms with Crippen LogP contribution in [0.1, 0.15) is 51.8 Å². The maximum Gasteiger partial charge on any atom is 0.0898 e. The summed E-state index contributed by atoms with van der Waals surface area (Å²) in [5.41, 5.74) is 2.25. The van der Waals surface area contributed by atoms with Crippen LogP contribution in [0.4, 0.5) is 0 Å². The quantitative estimate of drug-likeness (QED) is 0.453. The van der Waals surface area contributed by atoms with E-state index in [1.807, 2.05) is 18.2 Å². The van der Waals surface area contributed by atoms with Gasteiger partial charge in [0.2, 0.25) is 0 Å². The van der Waals surface area contributed by atoms with Crippen LogP contribution >= 0.6 is 0 Å². The molecule has 31 heavy (non-hydrogen) atoms. The van der Waals surface area contributed by atoms with Gasteiger partial charge in [-0.2, -0.15) is 0 Å². The minimum atomic E-state index is -0.565. The zero-order valence-corrected chi connectivity index (χ0v) is 19.6. The van der Waals surface area contributed by atoms with Crippen molar-refractivity contribution in [3.05, 3.63) is 83.9 Å². The van der Waals surface area contributed by atoms with E-state index in [0.717, 1.165) is 12.0 Å². The molecule has 0 spiro atoms. The fraction of sp³-hybridized carbons (Fsp3) is 0.429. The van der Waals surface area contributed by atoms with Crippen molar-refractivity contribution in [2.45, 2.75) is 58.8 Å². The number of hydrogen-bond acceptors (Lipinski definition) is 3. The summed E-state index contributed by atoms with van der Waals surface area (Å²) in [6.45, 7) is 11.7. The number of aliphatic hydroxyl groups excluding tert-OH is 1. The van der Waals surface area contributed by atoms with E-state index < -0.39 is 6.10 Å². The Bertz CT molecular complexity index is 959. The molecule has 0 aliphatic carbocycles. The highest BCUT2D eigenvalue weighted by molar-refractivity contribution is 5.83. The van der Waals surface area contributed by atoms with E-state index in [-0.39, 0.29) is 17.1 Å². The number of fused-ring (bicyclic) bond motifs is 1. The van der Waals surface area contributed by atoms with Gasteiger partial charge in [0.1, 0.15) is 0 Å². The summed E-state index contributed by atoms with van der Waals surface area (Å²) < 4.78 is 6.20. The summed E-state index contributed by atoms with van der Waals surface area (Å²) in [5, 5.41) is 16.6. The summed E-state index contributed by atoms with van der Waals surface area (Å²) in [7, 11) is 0. The van der Waals surface area contributed by atoms with Crippen LogP contribution in [-0.4, -0.2) is 29.9 Å². The van der Waals surface area contributed by atoms with E-state index in [1.165, 1.54) is 16.3 Å². The van der Waals surface area contributed by atoms with Crippen LogP contribution in [0.3, 0.4) is 0 Å². The van der Waals surface area contributed by atoms with E-state index in [1.54, 1.807) is 0 Å². The van der Waals surface area contributed by atoms with Gasteiger partial charge in [0, 0.05) is 12.1 Å². The van der Waals surface area contributed by atoms with Gasteiger partial charge in [-0.05, 0) is 47.6 Å². The number of ether oxygens (including phenoxy) is 1. The molecule has 3 aromatic rings. The Hall–Kier alpha value is -2.20. The molecule has 0 amide bonds. The van der Waals surface area contributed by atoms with Crippen LogP contribution in [0.25, 0.3) is 10.8 Å². The van der Waals surface area contributed by atoms with Gasteiger partial charge in [-0.15, -0.1) is 0 Å². The van der Waals surface area contributed by atoms with E-state index in [0.29, 0.717) is 13.2 Å². The van der Waals surface area contributed by atoms with Gasteiger partial charge < -0.3 is 15.2 Å². The molecule has 2 N–H and O–H groups in total. The largest absolute Gasteiger partial charge is 0.389 e. The predicted molar refractivity (Wildman–Crippen MR) is 130 cm³/mol. The number of β-amino-alcohol motifs (C(OH)–C–C–N with tert-alkyl or cyclic N) is 1. The Morgan fingerprint density at radius 2 is 1.48 bits per heavy atom. The average Bonchev–Trinajstić information content (AvgIpc) is 2.72. The van der Waals surface area contributed by atoms with Crippen LogP contribution in [0.5, 0.6) is 0 Å². The lowest BCUT2D eigenvalue weighted by Gasteiger charge is -2.33. The van der Waals surface area contributed by atoms with Crippen molar-refractivity contribution in [1.82, 2.24) is 5.32 Å². The van der Waals surface area contributed by atoms with Crippen LogP contribution in [-0.2, 0) is 11.2 Å². The minimum Gasteiger partial charge on any atom is -0.389 e. The van der Waals surface area contributed by atoms with Gasteiger partial charge in [-0.25, -0.2) is 0 Å². The molecule has 166 valence electrons. The van der Waals surface area contributed by atoms with Crippen LogP contribution < -0.4 is 5.32 Å². The van der Waals surface area contributed by atoms with Gasteiger partial charge in [0.15, 0.2) is 0 Å². The Morgan fingerprint density at radius 3 is 2.16 bits per heavy atom. The molecule has 0 saturated heterocycles. The zero-order valence-electron chi connectivity index (χ0n) is 19.6. The minimum absolute atomic E-state index is 0.0517. The molecule has 0 aliphatic heterocycles. The third-order valence-electron chi connectivity index (χ3n) is 5.62. The van der Waals surface area contributed by atoms with Crippen molar-refractivity contribution in [3.63, 3.8) is 0 Å². The molecule has 1 unspecified atom stereocenters. The monoisotopic (exact) mass is 419 g/mol. The van der Waals surface area contributed by atoms with E-state index in [4.69, 9.17) is 4.74 Å². The molecule has 3 aromatic carbocycles. The molecule has 0 saturated carbocycles. The van der Waals surface area contributed by atoms with Crippen molar-refractivity contribution in [1.29, 1.82) is 0 Å². The molecule has 0 aliphatic rings. The van der Waals surface area contributed by atoms with Crippen molar-refractivity contribution in [2.24, 2.45) is 5.41 Å². The highest BCUT2D eigenvalue weighted by Gasteiger charge is 2.28. The number of aliphatic hydroxyl groups is 1. The fourth-order valence-electron chi connectivity index (χ4n) is 4.06. The SMILES string of the molecule is CC(C)(Cc1ccc2ccccc2c1)NC[C@@H](O)COC(c1ccccc1)C(C)(C)C. The highest BCUT2D eigenvalue weighted by atomic mass is 16.5. The lowest BCUT2D eigenvalue weighted by atomic mass is 9.84. The van der Waals surface area contributed by atoms with Crippen molar-refractivity contribution in [2.75, 3.05) is 13.2 Å². The van der Waals surface area contributed by atoms with Gasteiger partial charge in [0.05, 0.1) is 18.8 Å². The maximum absolute atomic E-state index is 10.6. The van der Waals surface area contributed by atoms with Crippen LogP contribution in [0.2, 0.25) is 0 Å². The molecular weight excluding hydrogens is 382 g/mol. The first-order chi connectivity index (χ1) is 14.6. The molecule has 3 heteroatoms. The van der Waals surface area contributed by atoms with Crippen molar-refractivity contribution < 1.29 is 9.84 Å². The van der Waals surface area contributed by atoms with E-state index >= 15 is 0 Å². The standard InChI is InChI=1S/C28H37NO2/c1-27(2,3)26(23-12-7-6-8-13-23)31-20-25(30)19-29-28(4,5)18-21-15-16-22-11-9-10-14-24(22)17-21/h6-17,25-26,29-30H,18-20H2,1-5H3/t25-,26?/m1/s1. The fourth-order valence-corrected chi connectivity index (χ4v) is 4.06. The third kappa shape index (κ3) is 6.90. The third-order valence-corrected chi connectivity index (χ3v) is 5.62. The lowest BCUT2D eigenvalue weighted by Crippen LogP contribution is -2.46. The Balaban J connectivity index is 1.54. The predicted octanol–water partition coefficient (Wildman–Crippen LogP) is 5.92. The molecule has 3 nitrogen and oxygen atoms in total. The molecule has 0 fully saturated rings.